The van der Waals surface area contributed by atoms with E-state index in [-0.39, 0.29) is 11.9 Å². The summed E-state index contributed by atoms with van der Waals surface area (Å²) in [5, 5.41) is 6.10. The Labute approximate surface area is 102 Å². The average molecular weight is 233 g/mol. The number of nitrogens with two attached hydrogens (primary N) is 1. The molecular weight excluding hydrogens is 214 g/mol. The molecule has 92 valence electrons. The zero-order chi connectivity index (χ0) is 12.1. The molecule has 1 unspecified atom stereocenters. The van der Waals surface area contributed by atoms with Crippen LogP contribution in [0.1, 0.15) is 18.4 Å². The number of anilines is 1. The van der Waals surface area contributed by atoms with Gasteiger partial charge in [0.25, 0.3) is 0 Å². The van der Waals surface area contributed by atoms with Crippen LogP contribution in [0, 0.1) is 0 Å². The first-order valence-corrected chi connectivity index (χ1v) is 6.13. The lowest BCUT2D eigenvalue weighted by Gasteiger charge is -2.11. The summed E-state index contributed by atoms with van der Waals surface area (Å²) in [6, 6.07) is 7.84. The topological polar surface area (TPSA) is 67.1 Å². The van der Waals surface area contributed by atoms with Crippen LogP contribution in [0.5, 0.6) is 0 Å². The van der Waals surface area contributed by atoms with Crippen molar-refractivity contribution in [3.05, 3.63) is 29.8 Å². The molecule has 1 atom stereocenters. The number of carbonyl (C=O) groups excluding carboxylic acids is 1. The molecule has 17 heavy (non-hydrogen) atoms. The first-order valence-electron chi connectivity index (χ1n) is 6.13. The summed E-state index contributed by atoms with van der Waals surface area (Å²) in [4.78, 5) is 11.8. The highest BCUT2D eigenvalue weighted by Gasteiger charge is 2.21. The van der Waals surface area contributed by atoms with E-state index in [2.05, 4.69) is 10.6 Å². The van der Waals surface area contributed by atoms with Crippen LogP contribution in [0.25, 0.3) is 0 Å². The van der Waals surface area contributed by atoms with Gasteiger partial charge in [-0.2, -0.15) is 0 Å². The van der Waals surface area contributed by atoms with Crippen molar-refractivity contribution < 1.29 is 4.79 Å². The third kappa shape index (κ3) is 3.28. The number of benzene rings is 1. The molecule has 1 aromatic carbocycles. The smallest absolute Gasteiger partial charge is 0.241 e. The number of rotatable bonds is 4. The first-order chi connectivity index (χ1) is 8.29. The van der Waals surface area contributed by atoms with E-state index in [0.29, 0.717) is 6.54 Å². The van der Waals surface area contributed by atoms with Crippen LogP contribution in [-0.2, 0) is 11.2 Å². The summed E-state index contributed by atoms with van der Waals surface area (Å²) in [6.45, 7) is 1.59. The summed E-state index contributed by atoms with van der Waals surface area (Å²) in [7, 11) is 0. The minimum absolute atomic E-state index is 0.0290. The molecule has 1 heterocycles. The van der Waals surface area contributed by atoms with Crippen molar-refractivity contribution in [2.45, 2.75) is 25.3 Å². The lowest BCUT2D eigenvalue weighted by Crippen LogP contribution is -2.35. The summed E-state index contributed by atoms with van der Waals surface area (Å²) in [6.07, 6.45) is 2.88. The van der Waals surface area contributed by atoms with Gasteiger partial charge in [0.2, 0.25) is 5.91 Å². The van der Waals surface area contributed by atoms with E-state index >= 15 is 0 Å². The van der Waals surface area contributed by atoms with Gasteiger partial charge >= 0.3 is 0 Å². The van der Waals surface area contributed by atoms with Gasteiger partial charge in [0.15, 0.2) is 0 Å². The van der Waals surface area contributed by atoms with E-state index in [1.54, 1.807) is 0 Å². The SMILES string of the molecule is NCCc1ccc(NC(=O)C2CCCN2)cc1. The van der Waals surface area contributed by atoms with E-state index in [1.807, 2.05) is 24.3 Å². The largest absolute Gasteiger partial charge is 0.330 e. The van der Waals surface area contributed by atoms with Crippen LogP contribution in [0.4, 0.5) is 5.69 Å². The monoisotopic (exact) mass is 233 g/mol. The van der Waals surface area contributed by atoms with Crippen molar-refractivity contribution in [2.75, 3.05) is 18.4 Å². The number of nitrogens with one attached hydrogen (secondary N) is 2. The Morgan fingerprint density at radius 2 is 2.18 bits per heavy atom. The molecule has 0 aliphatic carbocycles. The Bertz CT molecular complexity index is 369. The Balaban J connectivity index is 1.91. The molecule has 1 fully saturated rings. The summed E-state index contributed by atoms with van der Waals surface area (Å²) >= 11 is 0. The number of hydrogen-bond donors (Lipinski definition) is 3. The molecule has 0 bridgehead atoms. The summed E-state index contributed by atoms with van der Waals surface area (Å²) < 4.78 is 0. The number of carbonyl (C=O) groups is 1. The second-order valence-electron chi connectivity index (χ2n) is 4.37. The quantitative estimate of drug-likeness (QED) is 0.723. The zero-order valence-corrected chi connectivity index (χ0v) is 9.91. The molecule has 0 saturated carbocycles. The van der Waals surface area contributed by atoms with Crippen molar-refractivity contribution in [1.29, 1.82) is 0 Å². The molecule has 4 N–H and O–H groups in total. The summed E-state index contributed by atoms with van der Waals surface area (Å²) in [5.74, 6) is 0.0640. The molecule has 1 aromatic rings. The molecule has 1 aliphatic heterocycles. The predicted molar refractivity (Wildman–Crippen MR) is 68.9 cm³/mol. The van der Waals surface area contributed by atoms with E-state index < -0.39 is 0 Å². The molecule has 2 rings (SSSR count). The highest BCUT2D eigenvalue weighted by molar-refractivity contribution is 5.95. The van der Waals surface area contributed by atoms with E-state index in [0.717, 1.165) is 31.5 Å². The lowest BCUT2D eigenvalue weighted by atomic mass is 10.1. The van der Waals surface area contributed by atoms with Gasteiger partial charge in [0.1, 0.15) is 0 Å². The van der Waals surface area contributed by atoms with E-state index in [1.165, 1.54) is 5.56 Å². The maximum atomic E-state index is 11.8. The molecule has 0 aromatic heterocycles. The van der Waals surface area contributed by atoms with E-state index in [9.17, 15) is 4.79 Å². The zero-order valence-electron chi connectivity index (χ0n) is 9.91. The molecule has 1 aliphatic rings. The molecule has 4 heteroatoms. The average Bonchev–Trinajstić information content (AvgIpc) is 2.86. The summed E-state index contributed by atoms with van der Waals surface area (Å²) in [5.41, 5.74) is 7.53. The van der Waals surface area contributed by atoms with Gasteiger partial charge < -0.3 is 16.4 Å². The van der Waals surface area contributed by atoms with Gasteiger partial charge in [0, 0.05) is 5.69 Å². The number of hydrogen-bond acceptors (Lipinski definition) is 3. The minimum Gasteiger partial charge on any atom is -0.330 e. The number of amides is 1. The molecule has 0 spiro atoms. The fourth-order valence-corrected chi connectivity index (χ4v) is 2.06. The minimum atomic E-state index is -0.0290. The third-order valence-corrected chi connectivity index (χ3v) is 3.03. The first kappa shape index (κ1) is 12.1. The predicted octanol–water partition coefficient (Wildman–Crippen LogP) is 0.878. The Morgan fingerprint density at radius 3 is 2.76 bits per heavy atom. The molecule has 1 saturated heterocycles. The van der Waals surface area contributed by atoms with Crippen LogP contribution in [0.15, 0.2) is 24.3 Å². The maximum absolute atomic E-state index is 11.8. The molecule has 0 radical (unpaired) electrons. The van der Waals surface area contributed by atoms with Gasteiger partial charge in [-0.1, -0.05) is 12.1 Å². The van der Waals surface area contributed by atoms with Crippen molar-refractivity contribution in [3.63, 3.8) is 0 Å². The lowest BCUT2D eigenvalue weighted by molar-refractivity contribution is -0.117. The highest BCUT2D eigenvalue weighted by atomic mass is 16.2. The molecule has 1 amide bonds. The second-order valence-corrected chi connectivity index (χ2v) is 4.37. The normalized spacial score (nSPS) is 19.2. The van der Waals surface area contributed by atoms with Gasteiger partial charge in [-0.3, -0.25) is 4.79 Å². The van der Waals surface area contributed by atoms with Gasteiger partial charge in [-0.25, -0.2) is 0 Å². The maximum Gasteiger partial charge on any atom is 0.241 e. The van der Waals surface area contributed by atoms with Crippen LogP contribution < -0.4 is 16.4 Å². The third-order valence-electron chi connectivity index (χ3n) is 3.03. The van der Waals surface area contributed by atoms with E-state index in [4.69, 9.17) is 5.73 Å². The van der Waals surface area contributed by atoms with Crippen molar-refractivity contribution in [1.82, 2.24) is 5.32 Å². The van der Waals surface area contributed by atoms with Crippen molar-refractivity contribution >= 4 is 11.6 Å². The van der Waals surface area contributed by atoms with Crippen LogP contribution in [0.3, 0.4) is 0 Å². The standard InChI is InChI=1S/C13H19N3O/c14-8-7-10-3-5-11(6-4-10)16-13(17)12-2-1-9-15-12/h3-6,12,15H,1-2,7-9,14H2,(H,16,17). The Kier molecular flexibility index (Phi) is 4.12. The Hall–Kier alpha value is -1.39. The van der Waals surface area contributed by atoms with Crippen LogP contribution in [0.2, 0.25) is 0 Å². The van der Waals surface area contributed by atoms with Crippen molar-refractivity contribution in [2.24, 2.45) is 5.73 Å². The second kappa shape index (κ2) is 5.80. The van der Waals surface area contributed by atoms with Gasteiger partial charge in [-0.15, -0.1) is 0 Å². The fourth-order valence-electron chi connectivity index (χ4n) is 2.06. The van der Waals surface area contributed by atoms with Crippen molar-refractivity contribution in [3.8, 4) is 0 Å². The van der Waals surface area contributed by atoms with Crippen LogP contribution >= 0.6 is 0 Å². The fraction of sp³-hybridized carbons (Fsp3) is 0.462. The molecule has 4 nitrogen and oxygen atoms in total. The molecular formula is C13H19N3O. The van der Waals surface area contributed by atoms with Gasteiger partial charge in [-0.05, 0) is 50.0 Å². The Morgan fingerprint density at radius 1 is 1.41 bits per heavy atom. The highest BCUT2D eigenvalue weighted by Crippen LogP contribution is 2.12. The van der Waals surface area contributed by atoms with Gasteiger partial charge in [0.05, 0.1) is 6.04 Å². The van der Waals surface area contributed by atoms with Crippen LogP contribution in [-0.4, -0.2) is 25.0 Å².